The molecule has 0 bridgehead atoms. The van der Waals surface area contributed by atoms with Crippen LogP contribution in [0.4, 0.5) is 0 Å². The van der Waals surface area contributed by atoms with Gasteiger partial charge in [0.1, 0.15) is 48.8 Å². The second kappa shape index (κ2) is 65.3. The van der Waals surface area contributed by atoms with Gasteiger partial charge in [0.2, 0.25) is 5.91 Å². The molecule has 0 aromatic heterocycles. The average molecular weight is 1340 g/mol. The summed E-state index contributed by atoms with van der Waals surface area (Å²) >= 11 is 0. The summed E-state index contributed by atoms with van der Waals surface area (Å²) in [6.07, 6.45) is 64.4. The normalized spacial score (nSPS) is 22.3. The van der Waals surface area contributed by atoms with Gasteiger partial charge in [-0.3, -0.25) is 4.79 Å². The van der Waals surface area contributed by atoms with Crippen molar-refractivity contribution >= 4 is 5.91 Å². The van der Waals surface area contributed by atoms with Crippen molar-refractivity contribution in [2.24, 2.45) is 0 Å². The molecule has 2 fully saturated rings. The molecule has 2 rings (SSSR count). The molecule has 14 nitrogen and oxygen atoms in total. The standard InChI is InChI=1S/C80H157NO13/c1-3-5-7-9-11-13-15-17-19-21-23-25-27-29-31-33-34-36-37-39-41-43-45-47-49-51-53-55-57-59-61-63-69(84)68(67-91-79-77(90)75(88)78(71(66-83)93-79)94-80-76(89)74(87)73(86)70(65-82)92-80)81-72(85)64-62-60-58-56-54-52-50-48-46-44-42-40-38-35-32-30-28-26-24-22-20-18-16-14-12-10-8-6-4-2/h68-71,73-80,82-84,86-90H,3-67H2,1-2H3,(H,81,85). The number of hydrogen-bond donors (Lipinski definition) is 9. The van der Waals surface area contributed by atoms with Gasteiger partial charge in [-0.25, -0.2) is 0 Å². The summed E-state index contributed by atoms with van der Waals surface area (Å²) in [5, 5.41) is 87.9. The summed E-state index contributed by atoms with van der Waals surface area (Å²) in [4.78, 5) is 13.4. The average Bonchev–Trinajstić information content (AvgIpc) is 0.794. The van der Waals surface area contributed by atoms with E-state index in [1.54, 1.807) is 0 Å². The van der Waals surface area contributed by atoms with Crippen LogP contribution in [0.25, 0.3) is 0 Å². The van der Waals surface area contributed by atoms with Crippen molar-refractivity contribution in [1.29, 1.82) is 0 Å². The van der Waals surface area contributed by atoms with E-state index >= 15 is 0 Å². The van der Waals surface area contributed by atoms with Crippen molar-refractivity contribution in [3.8, 4) is 0 Å². The van der Waals surface area contributed by atoms with Crippen LogP contribution >= 0.6 is 0 Å². The molecule has 12 unspecified atom stereocenters. The van der Waals surface area contributed by atoms with Crippen molar-refractivity contribution < 1.29 is 64.6 Å². The Labute approximate surface area is 578 Å². The minimum Gasteiger partial charge on any atom is -0.394 e. The Balaban J connectivity index is 1.59. The summed E-state index contributed by atoms with van der Waals surface area (Å²) < 4.78 is 23.0. The number of rotatable bonds is 71. The molecule has 0 aromatic carbocycles. The highest BCUT2D eigenvalue weighted by molar-refractivity contribution is 5.76. The van der Waals surface area contributed by atoms with E-state index < -0.39 is 86.8 Å². The number of carbonyl (C=O) groups is 1. The quantitative estimate of drug-likeness (QED) is 0.0259. The van der Waals surface area contributed by atoms with E-state index in [9.17, 15) is 45.6 Å². The fourth-order valence-corrected chi connectivity index (χ4v) is 14.3. The van der Waals surface area contributed by atoms with Gasteiger partial charge in [-0.05, 0) is 12.8 Å². The van der Waals surface area contributed by atoms with Crippen molar-refractivity contribution in [1.82, 2.24) is 5.32 Å². The molecule has 2 aliphatic heterocycles. The lowest BCUT2D eigenvalue weighted by atomic mass is 9.97. The SMILES string of the molecule is CCCCCCCCCCCCCCCCCCCCCCCCCCCCCCCCCC(O)C(COC1OC(CO)C(OC2OC(CO)C(O)C(O)C2O)C(O)C1O)NC(=O)CCCCCCCCCCCCCCCCCCCCCCCCCCCCCCC. The largest absolute Gasteiger partial charge is 0.394 e. The van der Waals surface area contributed by atoms with Crippen LogP contribution in [0.15, 0.2) is 0 Å². The van der Waals surface area contributed by atoms with E-state index in [-0.39, 0.29) is 12.5 Å². The summed E-state index contributed by atoms with van der Waals surface area (Å²) in [5.74, 6) is -0.194. The molecule has 2 aliphatic rings. The third-order valence-corrected chi connectivity index (χ3v) is 20.8. The third kappa shape index (κ3) is 47.9. The zero-order valence-electron chi connectivity index (χ0n) is 61.5. The Morgan fingerprint density at radius 3 is 0.904 bits per heavy atom. The van der Waals surface area contributed by atoms with E-state index in [2.05, 4.69) is 19.2 Å². The zero-order chi connectivity index (χ0) is 68.0. The number of amides is 1. The fraction of sp³-hybridized carbons (Fsp3) is 0.988. The molecule has 1 amide bonds. The van der Waals surface area contributed by atoms with Crippen molar-refractivity contribution in [2.75, 3.05) is 19.8 Å². The Kier molecular flexibility index (Phi) is 61.9. The number of hydrogen-bond acceptors (Lipinski definition) is 13. The first-order valence-electron chi connectivity index (χ1n) is 41.3. The summed E-state index contributed by atoms with van der Waals surface area (Å²) in [6, 6.07) is -0.826. The van der Waals surface area contributed by atoms with Gasteiger partial charge >= 0.3 is 0 Å². The second-order valence-electron chi connectivity index (χ2n) is 29.6. The lowest BCUT2D eigenvalue weighted by molar-refractivity contribution is -0.359. The maximum absolute atomic E-state index is 13.4. The molecular formula is C80H157NO13. The van der Waals surface area contributed by atoms with Crippen LogP contribution in [0.1, 0.15) is 412 Å². The molecule has 12 atom stereocenters. The van der Waals surface area contributed by atoms with Crippen LogP contribution in [0.5, 0.6) is 0 Å². The van der Waals surface area contributed by atoms with Crippen LogP contribution in [0, 0.1) is 0 Å². The van der Waals surface area contributed by atoms with Crippen LogP contribution in [-0.2, 0) is 23.7 Å². The molecule has 2 saturated heterocycles. The van der Waals surface area contributed by atoms with Gasteiger partial charge < -0.3 is 65.1 Å². The van der Waals surface area contributed by atoms with Crippen LogP contribution in [-0.4, -0.2) is 140 Å². The van der Waals surface area contributed by atoms with Crippen LogP contribution < -0.4 is 5.32 Å². The van der Waals surface area contributed by atoms with E-state index in [0.717, 1.165) is 51.4 Å². The second-order valence-corrected chi connectivity index (χ2v) is 29.6. The molecule has 0 radical (unpaired) electrons. The predicted octanol–water partition coefficient (Wildman–Crippen LogP) is 18.7. The molecule has 560 valence electrons. The molecular weight excluding hydrogens is 1180 g/mol. The predicted molar refractivity (Wildman–Crippen MR) is 388 cm³/mol. The lowest BCUT2D eigenvalue weighted by Gasteiger charge is -2.46. The molecule has 0 spiro atoms. The van der Waals surface area contributed by atoms with Gasteiger partial charge in [-0.1, -0.05) is 393 Å². The Morgan fingerprint density at radius 1 is 0.340 bits per heavy atom. The maximum Gasteiger partial charge on any atom is 0.220 e. The molecule has 94 heavy (non-hydrogen) atoms. The minimum absolute atomic E-state index is 0.194. The van der Waals surface area contributed by atoms with E-state index in [4.69, 9.17) is 18.9 Å². The number of aliphatic hydroxyl groups excluding tert-OH is 8. The highest BCUT2D eigenvalue weighted by atomic mass is 16.7. The monoisotopic (exact) mass is 1340 g/mol. The first-order chi connectivity index (χ1) is 46.1. The molecule has 2 heterocycles. The summed E-state index contributed by atoms with van der Waals surface area (Å²) in [5.41, 5.74) is 0. The molecule has 9 N–H and O–H groups in total. The highest BCUT2D eigenvalue weighted by Crippen LogP contribution is 2.31. The molecule has 0 saturated carbocycles. The van der Waals surface area contributed by atoms with E-state index in [1.165, 1.54) is 334 Å². The van der Waals surface area contributed by atoms with Gasteiger partial charge in [0.25, 0.3) is 0 Å². The Morgan fingerprint density at radius 2 is 0.606 bits per heavy atom. The van der Waals surface area contributed by atoms with Crippen molar-refractivity contribution in [3.05, 3.63) is 0 Å². The summed E-state index contributed by atoms with van der Waals surface area (Å²) in [6.45, 7) is 2.95. The van der Waals surface area contributed by atoms with Gasteiger partial charge in [0.15, 0.2) is 12.6 Å². The fourth-order valence-electron chi connectivity index (χ4n) is 14.3. The van der Waals surface area contributed by atoms with E-state index in [1.807, 2.05) is 0 Å². The third-order valence-electron chi connectivity index (χ3n) is 20.8. The Bertz CT molecular complexity index is 1580. The number of carbonyl (C=O) groups excluding carboxylic acids is 1. The zero-order valence-corrected chi connectivity index (χ0v) is 61.5. The first-order valence-corrected chi connectivity index (χ1v) is 41.3. The van der Waals surface area contributed by atoms with Gasteiger partial charge in [0, 0.05) is 6.42 Å². The van der Waals surface area contributed by atoms with Gasteiger partial charge in [0.05, 0.1) is 32.0 Å². The maximum atomic E-state index is 13.4. The first kappa shape index (κ1) is 89.1. The number of nitrogens with one attached hydrogen (secondary N) is 1. The highest BCUT2D eigenvalue weighted by Gasteiger charge is 2.51. The number of unbranched alkanes of at least 4 members (excludes halogenated alkanes) is 58. The smallest absolute Gasteiger partial charge is 0.220 e. The van der Waals surface area contributed by atoms with Crippen LogP contribution in [0.3, 0.4) is 0 Å². The van der Waals surface area contributed by atoms with Crippen molar-refractivity contribution in [2.45, 2.75) is 485 Å². The van der Waals surface area contributed by atoms with Crippen LogP contribution in [0.2, 0.25) is 0 Å². The topological polar surface area (TPSA) is 228 Å². The van der Waals surface area contributed by atoms with Gasteiger partial charge in [-0.2, -0.15) is 0 Å². The number of aliphatic hydroxyl groups is 8. The Hall–Kier alpha value is -1.01. The number of ether oxygens (including phenoxy) is 4. The lowest BCUT2D eigenvalue weighted by Crippen LogP contribution is -2.65. The molecule has 14 heteroatoms. The minimum atomic E-state index is -1.78. The molecule has 0 aromatic rings. The molecule has 0 aliphatic carbocycles. The van der Waals surface area contributed by atoms with Gasteiger partial charge in [-0.15, -0.1) is 0 Å². The summed E-state index contributed by atoms with van der Waals surface area (Å²) in [7, 11) is 0. The van der Waals surface area contributed by atoms with E-state index in [0.29, 0.717) is 12.8 Å². The van der Waals surface area contributed by atoms with Crippen molar-refractivity contribution in [3.63, 3.8) is 0 Å².